The van der Waals surface area contributed by atoms with E-state index in [0.29, 0.717) is 30.3 Å². The molecule has 4 aliphatic carbocycles. The molecule has 0 aromatic rings. The van der Waals surface area contributed by atoms with Gasteiger partial charge < -0.3 is 14.4 Å². The molecule has 0 N–H and O–H groups in total. The summed E-state index contributed by atoms with van der Waals surface area (Å²) in [6.07, 6.45) is 8.63. The molecule has 4 heteroatoms. The first-order valence-electron chi connectivity index (χ1n) is 9.72. The minimum atomic E-state index is -0.389. The Morgan fingerprint density at radius 2 is 1.61 bits per heavy atom. The van der Waals surface area contributed by atoms with Crippen LogP contribution >= 0.6 is 0 Å². The van der Waals surface area contributed by atoms with E-state index in [2.05, 4.69) is 11.8 Å². The average molecular weight is 319 g/mol. The number of hydrogen-bond donors (Lipinski definition) is 0. The van der Waals surface area contributed by atoms with Gasteiger partial charge in [-0.1, -0.05) is 0 Å². The topological polar surface area (TPSA) is 38.8 Å². The lowest BCUT2D eigenvalue weighted by atomic mass is 9.51. The molecule has 6 fully saturated rings. The van der Waals surface area contributed by atoms with Crippen molar-refractivity contribution in [2.45, 2.75) is 63.8 Å². The van der Waals surface area contributed by atoms with E-state index in [4.69, 9.17) is 9.47 Å². The third kappa shape index (κ3) is 2.36. The van der Waals surface area contributed by atoms with Gasteiger partial charge in [-0.2, -0.15) is 0 Å². The second kappa shape index (κ2) is 5.19. The number of ether oxygens (including phenoxy) is 2. The molecule has 1 spiro atoms. The van der Waals surface area contributed by atoms with Gasteiger partial charge in [-0.3, -0.25) is 4.79 Å². The average Bonchev–Trinajstić information content (AvgIpc) is 2.87. The van der Waals surface area contributed by atoms with Crippen LogP contribution in [0.15, 0.2) is 0 Å². The molecule has 1 amide bonds. The van der Waals surface area contributed by atoms with E-state index in [1.807, 2.05) is 0 Å². The van der Waals surface area contributed by atoms with Crippen molar-refractivity contribution in [2.75, 3.05) is 19.7 Å². The first kappa shape index (κ1) is 14.7. The predicted octanol–water partition coefficient (Wildman–Crippen LogP) is 2.81. The fourth-order valence-corrected chi connectivity index (χ4v) is 6.57. The van der Waals surface area contributed by atoms with E-state index in [0.717, 1.165) is 37.8 Å². The Morgan fingerprint density at radius 3 is 2.13 bits per heavy atom. The van der Waals surface area contributed by atoms with Crippen LogP contribution in [0.2, 0.25) is 0 Å². The maximum Gasteiger partial charge on any atom is 0.226 e. The molecule has 1 unspecified atom stereocenters. The fourth-order valence-electron chi connectivity index (χ4n) is 6.57. The number of likely N-dealkylation sites (tertiary alicyclic amines) is 1. The van der Waals surface area contributed by atoms with Crippen LogP contribution in [0.25, 0.3) is 0 Å². The summed E-state index contributed by atoms with van der Waals surface area (Å²) >= 11 is 0. The molecule has 2 aliphatic heterocycles. The molecular formula is C19H29NO3. The Hall–Kier alpha value is -0.610. The summed E-state index contributed by atoms with van der Waals surface area (Å²) in [5.41, 5.74) is 0. The molecular weight excluding hydrogens is 290 g/mol. The molecule has 4 nitrogen and oxygen atoms in total. The van der Waals surface area contributed by atoms with Crippen molar-refractivity contribution < 1.29 is 14.3 Å². The first-order valence-corrected chi connectivity index (χ1v) is 9.72. The Balaban J connectivity index is 1.26. The van der Waals surface area contributed by atoms with Crippen LogP contribution in [0.5, 0.6) is 0 Å². The monoisotopic (exact) mass is 319 g/mol. The Labute approximate surface area is 138 Å². The molecule has 4 saturated carbocycles. The third-order valence-electron chi connectivity index (χ3n) is 7.35. The largest absolute Gasteiger partial charge is 0.347 e. The minimum Gasteiger partial charge on any atom is -0.347 e. The SMILES string of the molecule is CC1COC2(CCN(C(=O)C3C4CC5CC(C4)CC3C5)CC2)O1. The van der Waals surface area contributed by atoms with Gasteiger partial charge in [0.1, 0.15) is 0 Å². The van der Waals surface area contributed by atoms with Crippen LogP contribution in [0.1, 0.15) is 51.9 Å². The molecule has 128 valence electrons. The van der Waals surface area contributed by atoms with Gasteiger partial charge in [0, 0.05) is 31.8 Å². The standard InChI is InChI=1S/C19H29NO3/c1-12-11-22-19(23-12)2-4-20(5-3-19)18(21)17-15-7-13-6-14(9-15)10-16(17)8-13/h12-17H,2-11H2,1H3. The van der Waals surface area contributed by atoms with E-state index in [-0.39, 0.29) is 11.9 Å². The van der Waals surface area contributed by atoms with Gasteiger partial charge in [0.2, 0.25) is 5.91 Å². The summed E-state index contributed by atoms with van der Waals surface area (Å²) in [7, 11) is 0. The Morgan fingerprint density at radius 1 is 1.00 bits per heavy atom. The van der Waals surface area contributed by atoms with Crippen molar-refractivity contribution >= 4 is 5.91 Å². The van der Waals surface area contributed by atoms with Crippen molar-refractivity contribution in [1.82, 2.24) is 4.90 Å². The molecule has 0 radical (unpaired) electrons. The minimum absolute atomic E-state index is 0.196. The molecule has 2 heterocycles. The van der Waals surface area contributed by atoms with E-state index >= 15 is 0 Å². The quantitative estimate of drug-likeness (QED) is 0.746. The van der Waals surface area contributed by atoms with Crippen molar-refractivity contribution in [1.29, 1.82) is 0 Å². The van der Waals surface area contributed by atoms with Gasteiger partial charge in [-0.05, 0) is 62.7 Å². The molecule has 1 atom stereocenters. The number of carbonyl (C=O) groups excluding carboxylic acids is 1. The molecule has 6 rings (SSSR count). The number of piperidine rings is 1. The highest BCUT2D eigenvalue weighted by molar-refractivity contribution is 5.80. The number of nitrogens with zero attached hydrogens (tertiary/aromatic N) is 1. The smallest absolute Gasteiger partial charge is 0.226 e. The highest BCUT2D eigenvalue weighted by Gasteiger charge is 2.52. The second-order valence-electron chi connectivity index (χ2n) is 8.93. The van der Waals surface area contributed by atoms with Crippen LogP contribution in [0.3, 0.4) is 0 Å². The lowest BCUT2D eigenvalue weighted by Gasteiger charge is -2.54. The van der Waals surface area contributed by atoms with Gasteiger partial charge in [0.25, 0.3) is 0 Å². The van der Waals surface area contributed by atoms with E-state index < -0.39 is 0 Å². The Bertz CT molecular complexity index is 469. The van der Waals surface area contributed by atoms with Crippen LogP contribution < -0.4 is 0 Å². The summed E-state index contributed by atoms with van der Waals surface area (Å²) in [6, 6.07) is 0. The van der Waals surface area contributed by atoms with E-state index in [1.54, 1.807) is 0 Å². The number of amides is 1. The first-order chi connectivity index (χ1) is 11.1. The zero-order chi connectivity index (χ0) is 15.6. The Kier molecular flexibility index (Phi) is 3.32. The maximum atomic E-state index is 13.2. The summed E-state index contributed by atoms with van der Waals surface area (Å²) in [5, 5.41) is 0. The highest BCUT2D eigenvalue weighted by Crippen LogP contribution is 2.57. The van der Waals surface area contributed by atoms with Crippen LogP contribution in [-0.2, 0) is 14.3 Å². The molecule has 6 aliphatic rings. The van der Waals surface area contributed by atoms with Gasteiger partial charge >= 0.3 is 0 Å². The lowest BCUT2D eigenvalue weighted by Crippen LogP contribution is -2.55. The van der Waals surface area contributed by atoms with E-state index in [9.17, 15) is 4.79 Å². The van der Waals surface area contributed by atoms with Crippen molar-refractivity contribution in [3.05, 3.63) is 0 Å². The summed E-state index contributed by atoms with van der Waals surface area (Å²) < 4.78 is 11.9. The van der Waals surface area contributed by atoms with Crippen LogP contribution in [0.4, 0.5) is 0 Å². The molecule has 2 saturated heterocycles. The zero-order valence-electron chi connectivity index (χ0n) is 14.2. The number of rotatable bonds is 1. The van der Waals surface area contributed by atoms with Gasteiger partial charge in [-0.15, -0.1) is 0 Å². The van der Waals surface area contributed by atoms with Crippen molar-refractivity contribution in [2.24, 2.45) is 29.6 Å². The van der Waals surface area contributed by atoms with Crippen LogP contribution in [-0.4, -0.2) is 42.4 Å². The molecule has 4 bridgehead atoms. The van der Waals surface area contributed by atoms with Gasteiger partial charge in [-0.25, -0.2) is 0 Å². The maximum absolute atomic E-state index is 13.2. The second-order valence-corrected chi connectivity index (χ2v) is 8.93. The lowest BCUT2D eigenvalue weighted by molar-refractivity contribution is -0.197. The number of hydrogen-bond acceptors (Lipinski definition) is 3. The van der Waals surface area contributed by atoms with Gasteiger partial charge in [0.05, 0.1) is 12.7 Å². The molecule has 0 aromatic heterocycles. The summed E-state index contributed by atoms with van der Waals surface area (Å²) in [4.78, 5) is 15.3. The van der Waals surface area contributed by atoms with Crippen molar-refractivity contribution in [3.8, 4) is 0 Å². The summed E-state index contributed by atoms with van der Waals surface area (Å²) in [5.74, 6) is 3.66. The van der Waals surface area contributed by atoms with Crippen LogP contribution in [0, 0.1) is 29.6 Å². The predicted molar refractivity (Wildman–Crippen MR) is 85.6 cm³/mol. The normalized spacial score (nSPS) is 47.4. The fraction of sp³-hybridized carbons (Fsp3) is 0.947. The third-order valence-corrected chi connectivity index (χ3v) is 7.35. The van der Waals surface area contributed by atoms with Gasteiger partial charge in [0.15, 0.2) is 5.79 Å². The number of carbonyl (C=O) groups is 1. The summed E-state index contributed by atoms with van der Waals surface area (Å²) in [6.45, 7) is 4.40. The zero-order valence-corrected chi connectivity index (χ0v) is 14.2. The van der Waals surface area contributed by atoms with E-state index in [1.165, 1.54) is 32.1 Å². The molecule has 23 heavy (non-hydrogen) atoms. The van der Waals surface area contributed by atoms with Crippen molar-refractivity contribution in [3.63, 3.8) is 0 Å². The molecule has 0 aromatic carbocycles. The highest BCUT2D eigenvalue weighted by atomic mass is 16.7.